The van der Waals surface area contributed by atoms with Gasteiger partial charge in [-0.25, -0.2) is 0 Å². The Morgan fingerprint density at radius 1 is 1.00 bits per heavy atom. The predicted molar refractivity (Wildman–Crippen MR) is 96.5 cm³/mol. The molecule has 2 atom stereocenters. The van der Waals surface area contributed by atoms with Crippen LogP contribution in [-0.4, -0.2) is 31.2 Å². The molecule has 1 unspecified atom stereocenters. The Morgan fingerprint density at radius 3 is 2.52 bits per heavy atom. The first kappa shape index (κ1) is 17.9. The van der Waals surface area contributed by atoms with Gasteiger partial charge in [-0.15, -0.1) is 0 Å². The molecule has 4 heteroatoms. The van der Waals surface area contributed by atoms with Crippen LogP contribution >= 0.6 is 0 Å². The SMILES string of the molecule is Oc1ccc([C@@H](COCc2ccccc2)COC2CCCCO2)cc1. The normalized spacial score (nSPS) is 18.8. The Morgan fingerprint density at radius 2 is 1.80 bits per heavy atom. The van der Waals surface area contributed by atoms with E-state index in [0.717, 1.165) is 37.0 Å². The second-order valence-electron chi connectivity index (χ2n) is 6.42. The van der Waals surface area contributed by atoms with Gasteiger partial charge < -0.3 is 19.3 Å². The predicted octanol–water partition coefficient (Wildman–Crippen LogP) is 4.24. The van der Waals surface area contributed by atoms with Gasteiger partial charge in [0.05, 0.1) is 19.8 Å². The van der Waals surface area contributed by atoms with Gasteiger partial charge in [0.2, 0.25) is 0 Å². The molecule has 3 rings (SSSR count). The third-order valence-electron chi connectivity index (χ3n) is 4.42. The number of benzene rings is 2. The van der Waals surface area contributed by atoms with E-state index >= 15 is 0 Å². The summed E-state index contributed by atoms with van der Waals surface area (Å²) in [6.45, 7) is 2.46. The van der Waals surface area contributed by atoms with Gasteiger partial charge in [-0.1, -0.05) is 42.5 Å². The lowest BCUT2D eigenvalue weighted by Gasteiger charge is -2.25. The Bertz CT molecular complexity index is 606. The fourth-order valence-electron chi connectivity index (χ4n) is 2.95. The van der Waals surface area contributed by atoms with Crippen molar-refractivity contribution in [3.63, 3.8) is 0 Å². The molecule has 0 saturated carbocycles. The minimum atomic E-state index is -0.109. The molecule has 4 nitrogen and oxygen atoms in total. The van der Waals surface area contributed by atoms with Crippen LogP contribution in [-0.2, 0) is 20.8 Å². The van der Waals surface area contributed by atoms with Crippen molar-refractivity contribution in [3.05, 3.63) is 65.7 Å². The van der Waals surface area contributed by atoms with Gasteiger partial charge in [-0.2, -0.15) is 0 Å². The molecule has 0 spiro atoms. The zero-order chi connectivity index (χ0) is 17.3. The number of hydrogen-bond donors (Lipinski definition) is 1. The van der Waals surface area contributed by atoms with Crippen molar-refractivity contribution in [1.29, 1.82) is 0 Å². The highest BCUT2D eigenvalue weighted by atomic mass is 16.7. The lowest BCUT2D eigenvalue weighted by Crippen LogP contribution is -2.25. The van der Waals surface area contributed by atoms with E-state index in [4.69, 9.17) is 14.2 Å². The topological polar surface area (TPSA) is 47.9 Å². The molecule has 1 aliphatic heterocycles. The first-order chi connectivity index (χ1) is 12.3. The van der Waals surface area contributed by atoms with Crippen LogP contribution < -0.4 is 0 Å². The Kier molecular flexibility index (Phi) is 6.86. The summed E-state index contributed by atoms with van der Waals surface area (Å²) < 4.78 is 17.5. The Balaban J connectivity index is 1.56. The van der Waals surface area contributed by atoms with Crippen LogP contribution in [0.15, 0.2) is 54.6 Å². The summed E-state index contributed by atoms with van der Waals surface area (Å²) in [6, 6.07) is 17.4. The molecular weight excluding hydrogens is 316 g/mol. The Labute approximate surface area is 149 Å². The average Bonchev–Trinajstić information content (AvgIpc) is 2.67. The van der Waals surface area contributed by atoms with E-state index in [1.54, 1.807) is 12.1 Å². The molecule has 0 aromatic heterocycles. The molecule has 0 bridgehead atoms. The first-order valence-corrected chi connectivity index (χ1v) is 8.95. The monoisotopic (exact) mass is 342 g/mol. The summed E-state index contributed by atoms with van der Waals surface area (Å²) in [7, 11) is 0. The lowest BCUT2D eigenvalue weighted by molar-refractivity contribution is -0.167. The van der Waals surface area contributed by atoms with E-state index in [2.05, 4.69) is 12.1 Å². The van der Waals surface area contributed by atoms with E-state index in [1.165, 1.54) is 0 Å². The maximum atomic E-state index is 9.51. The molecule has 0 aliphatic carbocycles. The van der Waals surface area contributed by atoms with Crippen LogP contribution in [0.1, 0.15) is 36.3 Å². The molecule has 1 heterocycles. The first-order valence-electron chi connectivity index (χ1n) is 8.95. The summed E-state index contributed by atoms with van der Waals surface area (Å²) in [5.74, 6) is 0.374. The summed E-state index contributed by atoms with van der Waals surface area (Å²) in [5.41, 5.74) is 2.25. The van der Waals surface area contributed by atoms with Crippen LogP contribution in [0.3, 0.4) is 0 Å². The highest BCUT2D eigenvalue weighted by molar-refractivity contribution is 5.28. The number of hydrogen-bond acceptors (Lipinski definition) is 4. The van der Waals surface area contributed by atoms with E-state index in [9.17, 15) is 5.11 Å². The molecule has 1 aliphatic rings. The van der Waals surface area contributed by atoms with Crippen LogP contribution in [0.2, 0.25) is 0 Å². The molecule has 134 valence electrons. The maximum Gasteiger partial charge on any atom is 0.157 e. The molecule has 0 amide bonds. The highest BCUT2D eigenvalue weighted by Crippen LogP contribution is 2.22. The molecule has 25 heavy (non-hydrogen) atoms. The van der Waals surface area contributed by atoms with Gasteiger partial charge in [0.1, 0.15) is 5.75 Å². The van der Waals surface area contributed by atoms with Gasteiger partial charge in [0.15, 0.2) is 6.29 Å². The van der Waals surface area contributed by atoms with Crippen molar-refractivity contribution in [1.82, 2.24) is 0 Å². The lowest BCUT2D eigenvalue weighted by atomic mass is 10.0. The minimum absolute atomic E-state index is 0.106. The third-order valence-corrected chi connectivity index (χ3v) is 4.42. The third kappa shape index (κ3) is 5.85. The summed E-state index contributed by atoms with van der Waals surface area (Å²) in [6.07, 6.45) is 3.11. The number of phenols is 1. The average molecular weight is 342 g/mol. The van der Waals surface area contributed by atoms with Crippen molar-refractivity contribution in [2.45, 2.75) is 38.1 Å². The number of rotatable bonds is 8. The molecule has 0 radical (unpaired) electrons. The van der Waals surface area contributed by atoms with Crippen LogP contribution in [0.4, 0.5) is 0 Å². The standard InChI is InChI=1S/C21H26O4/c22-20-11-9-18(10-12-20)19(16-25-21-8-4-5-13-24-21)15-23-14-17-6-2-1-3-7-17/h1-3,6-7,9-12,19,21-22H,4-5,8,13-16H2/t19-,21?/m0/s1. The van der Waals surface area contributed by atoms with Crippen molar-refractivity contribution < 1.29 is 19.3 Å². The quantitative estimate of drug-likeness (QED) is 0.780. The summed E-state index contributed by atoms with van der Waals surface area (Å²) in [4.78, 5) is 0. The number of aromatic hydroxyl groups is 1. The zero-order valence-corrected chi connectivity index (χ0v) is 14.5. The molecule has 2 aromatic rings. The highest BCUT2D eigenvalue weighted by Gasteiger charge is 2.18. The molecule has 1 fully saturated rings. The van der Waals surface area contributed by atoms with Gasteiger partial charge in [-0.05, 0) is 42.5 Å². The summed E-state index contributed by atoms with van der Waals surface area (Å²) >= 11 is 0. The van der Waals surface area contributed by atoms with E-state index in [1.807, 2.05) is 30.3 Å². The van der Waals surface area contributed by atoms with Crippen molar-refractivity contribution in [3.8, 4) is 5.75 Å². The van der Waals surface area contributed by atoms with Crippen LogP contribution in [0.5, 0.6) is 5.75 Å². The fraction of sp³-hybridized carbons (Fsp3) is 0.429. The second-order valence-corrected chi connectivity index (χ2v) is 6.42. The van der Waals surface area contributed by atoms with Crippen molar-refractivity contribution in [2.24, 2.45) is 0 Å². The van der Waals surface area contributed by atoms with E-state index in [0.29, 0.717) is 19.8 Å². The van der Waals surface area contributed by atoms with Crippen LogP contribution in [0, 0.1) is 0 Å². The second kappa shape index (κ2) is 9.56. The van der Waals surface area contributed by atoms with Gasteiger partial charge in [0, 0.05) is 12.5 Å². The van der Waals surface area contributed by atoms with Gasteiger partial charge in [-0.3, -0.25) is 0 Å². The zero-order valence-electron chi connectivity index (χ0n) is 14.5. The smallest absolute Gasteiger partial charge is 0.157 e. The van der Waals surface area contributed by atoms with Crippen molar-refractivity contribution in [2.75, 3.05) is 19.8 Å². The van der Waals surface area contributed by atoms with Gasteiger partial charge >= 0.3 is 0 Å². The van der Waals surface area contributed by atoms with E-state index < -0.39 is 0 Å². The molecule has 1 N–H and O–H groups in total. The maximum absolute atomic E-state index is 9.51. The summed E-state index contributed by atoms with van der Waals surface area (Å²) in [5, 5.41) is 9.51. The number of ether oxygens (including phenoxy) is 3. The van der Waals surface area contributed by atoms with Crippen LogP contribution in [0.25, 0.3) is 0 Å². The van der Waals surface area contributed by atoms with Crippen molar-refractivity contribution >= 4 is 0 Å². The van der Waals surface area contributed by atoms with E-state index in [-0.39, 0.29) is 18.0 Å². The molecule has 1 saturated heterocycles. The molecule has 2 aromatic carbocycles. The number of phenolic OH excluding ortho intramolecular Hbond substituents is 1. The van der Waals surface area contributed by atoms with Gasteiger partial charge in [0.25, 0.3) is 0 Å². The minimum Gasteiger partial charge on any atom is -0.508 e. The molecular formula is C21H26O4. The Hall–Kier alpha value is -1.88. The fourth-order valence-corrected chi connectivity index (χ4v) is 2.95. The largest absolute Gasteiger partial charge is 0.508 e.